The van der Waals surface area contributed by atoms with Gasteiger partial charge in [0.25, 0.3) is 5.89 Å². The van der Waals surface area contributed by atoms with Crippen molar-refractivity contribution >= 4 is 0 Å². The number of hydrogen-bond donors (Lipinski definition) is 0. The zero-order valence-electron chi connectivity index (χ0n) is 17.2. The third-order valence-corrected chi connectivity index (χ3v) is 5.59. The van der Waals surface area contributed by atoms with Gasteiger partial charge < -0.3 is 13.8 Å². The Morgan fingerprint density at radius 1 is 1.07 bits per heavy atom. The Hall–Kier alpha value is -2.65. The number of pyridine rings is 1. The summed E-state index contributed by atoms with van der Waals surface area (Å²) in [5.74, 6) is 2.60. The fourth-order valence-corrected chi connectivity index (χ4v) is 3.59. The number of piperidine rings is 1. The molecule has 154 valence electrons. The van der Waals surface area contributed by atoms with Crippen LogP contribution in [0.1, 0.15) is 63.2 Å². The van der Waals surface area contributed by atoms with E-state index in [1.165, 1.54) is 0 Å². The van der Waals surface area contributed by atoms with E-state index in [2.05, 4.69) is 50.9 Å². The van der Waals surface area contributed by atoms with E-state index in [4.69, 9.17) is 13.8 Å². The van der Waals surface area contributed by atoms with Gasteiger partial charge >= 0.3 is 0 Å². The minimum atomic E-state index is -0.603. The summed E-state index contributed by atoms with van der Waals surface area (Å²) in [7, 11) is 1.69. The van der Waals surface area contributed by atoms with E-state index in [0.29, 0.717) is 23.3 Å². The van der Waals surface area contributed by atoms with E-state index >= 15 is 0 Å². The highest BCUT2D eigenvalue weighted by molar-refractivity contribution is 5.47. The lowest BCUT2D eigenvalue weighted by Crippen LogP contribution is -2.44. The Balaban J connectivity index is 1.47. The summed E-state index contributed by atoms with van der Waals surface area (Å²) in [6.45, 7) is 7.77. The van der Waals surface area contributed by atoms with Gasteiger partial charge in [-0.15, -0.1) is 0 Å². The van der Waals surface area contributed by atoms with Crippen molar-refractivity contribution < 1.29 is 13.8 Å². The Labute approximate surface area is 169 Å². The fraction of sp³-hybridized carbons (Fsp3) is 0.550. The summed E-state index contributed by atoms with van der Waals surface area (Å²) in [4.78, 5) is 15.7. The normalized spacial score (nSPS) is 18.2. The molecule has 9 heteroatoms. The van der Waals surface area contributed by atoms with Crippen LogP contribution in [0.5, 0.6) is 0 Å². The molecule has 1 saturated heterocycles. The molecule has 0 N–H and O–H groups in total. The summed E-state index contributed by atoms with van der Waals surface area (Å²) >= 11 is 0. The van der Waals surface area contributed by atoms with Gasteiger partial charge in [-0.3, -0.25) is 9.88 Å². The minimum Gasteiger partial charge on any atom is -0.368 e. The second-order valence-corrected chi connectivity index (χ2v) is 7.69. The molecule has 0 radical (unpaired) electrons. The van der Waals surface area contributed by atoms with Crippen LogP contribution >= 0.6 is 0 Å². The highest BCUT2D eigenvalue weighted by atomic mass is 16.5. The van der Waals surface area contributed by atoms with Crippen LogP contribution in [-0.4, -0.2) is 50.4 Å². The smallest absolute Gasteiger partial charge is 0.259 e. The summed E-state index contributed by atoms with van der Waals surface area (Å²) in [6, 6.07) is 5.64. The first-order chi connectivity index (χ1) is 14.0. The van der Waals surface area contributed by atoms with Crippen molar-refractivity contribution in [2.24, 2.45) is 0 Å². The molecule has 0 amide bonds. The lowest BCUT2D eigenvalue weighted by Gasteiger charge is -2.39. The van der Waals surface area contributed by atoms with Gasteiger partial charge in [-0.1, -0.05) is 30.2 Å². The summed E-state index contributed by atoms with van der Waals surface area (Å²) < 4.78 is 16.9. The topological polar surface area (TPSA) is 103 Å². The average Bonchev–Trinajstić information content (AvgIpc) is 3.44. The van der Waals surface area contributed by atoms with Crippen molar-refractivity contribution in [3.63, 3.8) is 0 Å². The second-order valence-electron chi connectivity index (χ2n) is 7.69. The van der Waals surface area contributed by atoms with E-state index in [0.717, 1.165) is 31.8 Å². The molecule has 1 fully saturated rings. The lowest BCUT2D eigenvalue weighted by molar-refractivity contribution is -0.0891. The van der Waals surface area contributed by atoms with Crippen molar-refractivity contribution in [1.82, 2.24) is 30.2 Å². The number of likely N-dealkylation sites (tertiary alicyclic amines) is 1. The predicted molar refractivity (Wildman–Crippen MR) is 104 cm³/mol. The van der Waals surface area contributed by atoms with Gasteiger partial charge in [0.1, 0.15) is 11.3 Å². The SMILES string of the molecule is COC1(c2nc(-c3ccccn3)no2)CCN([C@@H](C)c2nc(C(C)C)no2)CC1. The van der Waals surface area contributed by atoms with Crippen LogP contribution in [-0.2, 0) is 10.3 Å². The number of ether oxygens (including phenoxy) is 1. The van der Waals surface area contributed by atoms with Gasteiger partial charge in [-0.25, -0.2) is 0 Å². The van der Waals surface area contributed by atoms with E-state index < -0.39 is 5.60 Å². The highest BCUT2D eigenvalue weighted by Crippen LogP contribution is 2.38. The van der Waals surface area contributed by atoms with Crippen molar-refractivity contribution in [1.29, 1.82) is 0 Å². The van der Waals surface area contributed by atoms with Crippen LogP contribution < -0.4 is 0 Å². The molecule has 1 aliphatic rings. The van der Waals surface area contributed by atoms with Gasteiger partial charge in [0.2, 0.25) is 11.7 Å². The highest BCUT2D eigenvalue weighted by Gasteiger charge is 2.43. The molecule has 4 rings (SSSR count). The molecule has 4 heterocycles. The molecule has 3 aromatic heterocycles. The lowest BCUT2D eigenvalue weighted by atomic mass is 9.90. The van der Waals surface area contributed by atoms with Crippen LogP contribution in [0.3, 0.4) is 0 Å². The van der Waals surface area contributed by atoms with Crippen LogP contribution in [0.4, 0.5) is 0 Å². The Morgan fingerprint density at radius 3 is 2.48 bits per heavy atom. The fourth-order valence-electron chi connectivity index (χ4n) is 3.59. The predicted octanol–water partition coefficient (Wildman–Crippen LogP) is 3.34. The number of methoxy groups -OCH3 is 1. The largest absolute Gasteiger partial charge is 0.368 e. The molecule has 0 unspecified atom stereocenters. The van der Waals surface area contributed by atoms with Crippen LogP contribution in [0, 0.1) is 0 Å². The van der Waals surface area contributed by atoms with E-state index in [9.17, 15) is 0 Å². The Kier molecular flexibility index (Phi) is 5.42. The van der Waals surface area contributed by atoms with E-state index in [-0.39, 0.29) is 12.0 Å². The maximum absolute atomic E-state index is 5.89. The first-order valence-corrected chi connectivity index (χ1v) is 9.91. The van der Waals surface area contributed by atoms with Crippen LogP contribution in [0.25, 0.3) is 11.5 Å². The number of rotatable bonds is 6. The molecule has 1 atom stereocenters. The molecule has 0 aromatic carbocycles. The van der Waals surface area contributed by atoms with E-state index in [1.54, 1.807) is 13.3 Å². The quantitative estimate of drug-likeness (QED) is 0.618. The molecule has 0 spiro atoms. The van der Waals surface area contributed by atoms with Crippen LogP contribution in [0.2, 0.25) is 0 Å². The van der Waals surface area contributed by atoms with Crippen LogP contribution in [0.15, 0.2) is 33.4 Å². The summed E-state index contributed by atoms with van der Waals surface area (Å²) in [5, 5.41) is 8.18. The average molecular weight is 398 g/mol. The molecule has 1 aliphatic heterocycles. The first-order valence-electron chi connectivity index (χ1n) is 9.91. The molecule has 0 bridgehead atoms. The third-order valence-electron chi connectivity index (χ3n) is 5.59. The van der Waals surface area contributed by atoms with Gasteiger partial charge in [0.05, 0.1) is 6.04 Å². The van der Waals surface area contributed by atoms with Crippen molar-refractivity contribution in [3.8, 4) is 11.5 Å². The van der Waals surface area contributed by atoms with Crippen molar-refractivity contribution in [2.75, 3.05) is 20.2 Å². The zero-order chi connectivity index (χ0) is 20.4. The Bertz CT molecular complexity index is 931. The van der Waals surface area contributed by atoms with Gasteiger partial charge in [-0.2, -0.15) is 9.97 Å². The second kappa shape index (κ2) is 8.00. The standard InChI is InChI=1S/C20H26N6O3/c1-13(2)16-22-18(28-24-16)14(3)26-11-8-20(27-4,9-12-26)19-23-17(25-29-19)15-7-5-6-10-21-15/h5-7,10,13-14H,8-9,11-12H2,1-4H3/t14-/m0/s1. The maximum atomic E-state index is 5.89. The molecule has 29 heavy (non-hydrogen) atoms. The third kappa shape index (κ3) is 3.79. The number of aromatic nitrogens is 5. The first kappa shape index (κ1) is 19.7. The van der Waals surface area contributed by atoms with Gasteiger partial charge in [-0.05, 0) is 31.9 Å². The minimum absolute atomic E-state index is 0.0385. The van der Waals surface area contributed by atoms with Gasteiger partial charge in [0, 0.05) is 32.3 Å². The van der Waals surface area contributed by atoms with Crippen molar-refractivity contribution in [2.45, 2.75) is 51.2 Å². The summed E-state index contributed by atoms with van der Waals surface area (Å²) in [6.07, 6.45) is 3.16. The molecule has 0 saturated carbocycles. The van der Waals surface area contributed by atoms with E-state index in [1.807, 2.05) is 18.2 Å². The molecular weight excluding hydrogens is 372 g/mol. The van der Waals surface area contributed by atoms with Gasteiger partial charge in [0.15, 0.2) is 5.82 Å². The molecule has 0 aliphatic carbocycles. The Morgan fingerprint density at radius 2 is 1.86 bits per heavy atom. The molecule has 3 aromatic rings. The monoisotopic (exact) mass is 398 g/mol. The zero-order valence-corrected chi connectivity index (χ0v) is 17.2. The number of nitrogens with zero attached hydrogens (tertiary/aromatic N) is 6. The number of hydrogen-bond acceptors (Lipinski definition) is 9. The maximum Gasteiger partial charge on any atom is 0.259 e. The summed E-state index contributed by atoms with van der Waals surface area (Å²) in [5.41, 5.74) is 0.0749. The molecule has 9 nitrogen and oxygen atoms in total. The molecular formula is C20H26N6O3. The van der Waals surface area contributed by atoms with Crippen molar-refractivity contribution in [3.05, 3.63) is 42.0 Å².